The SMILES string of the molecule is O=C(CN1CCNCC1)N1CCC(n2cc3c(n2)CCc2c-3sc3ncnc(Nc4ccc(OCc5cccc(F)c5)c(Cl)c4)c23)CC1. The minimum absolute atomic E-state index is 0.215. The second kappa shape index (κ2) is 13.4. The number of nitrogens with zero attached hydrogens (tertiary/aromatic N) is 6. The smallest absolute Gasteiger partial charge is 0.236 e. The zero-order chi connectivity index (χ0) is 32.6. The van der Waals surface area contributed by atoms with Crippen LogP contribution in [0.3, 0.4) is 0 Å². The molecule has 2 aromatic carbocycles. The molecular weight excluding hydrogens is 651 g/mol. The fourth-order valence-electron chi connectivity index (χ4n) is 6.94. The van der Waals surface area contributed by atoms with E-state index in [1.165, 1.54) is 28.1 Å². The fourth-order valence-corrected chi connectivity index (χ4v) is 8.39. The molecule has 0 unspecified atom stereocenters. The Morgan fingerprint density at radius 2 is 1.94 bits per heavy atom. The van der Waals surface area contributed by atoms with Gasteiger partial charge in [-0.15, -0.1) is 11.3 Å². The molecule has 48 heavy (non-hydrogen) atoms. The van der Waals surface area contributed by atoms with Crippen LogP contribution in [0.1, 0.15) is 35.7 Å². The zero-order valence-electron chi connectivity index (χ0n) is 26.4. The van der Waals surface area contributed by atoms with Crippen molar-refractivity contribution < 1.29 is 13.9 Å². The van der Waals surface area contributed by atoms with Crippen LogP contribution in [0.2, 0.25) is 5.02 Å². The molecule has 0 bridgehead atoms. The van der Waals surface area contributed by atoms with E-state index in [4.69, 9.17) is 21.4 Å². The third-order valence-electron chi connectivity index (χ3n) is 9.49. The predicted molar refractivity (Wildman–Crippen MR) is 186 cm³/mol. The number of halogens is 2. The average molecular weight is 687 g/mol. The Morgan fingerprint density at radius 1 is 1.08 bits per heavy atom. The summed E-state index contributed by atoms with van der Waals surface area (Å²) in [5.41, 5.74) is 5.03. The summed E-state index contributed by atoms with van der Waals surface area (Å²) in [4.78, 5) is 28.6. The molecule has 0 saturated carbocycles. The molecule has 2 saturated heterocycles. The van der Waals surface area contributed by atoms with E-state index in [1.807, 2.05) is 17.0 Å². The first-order chi connectivity index (χ1) is 23.5. The van der Waals surface area contributed by atoms with E-state index in [0.29, 0.717) is 17.3 Å². The van der Waals surface area contributed by atoms with Crippen LogP contribution in [0, 0.1) is 5.82 Å². The second-order valence-electron chi connectivity index (χ2n) is 12.6. The third-order valence-corrected chi connectivity index (χ3v) is 11.0. The number of aromatic nitrogens is 4. The van der Waals surface area contributed by atoms with Crippen molar-refractivity contribution in [2.75, 3.05) is 51.1 Å². The molecule has 1 amide bonds. The molecule has 0 radical (unpaired) electrons. The monoisotopic (exact) mass is 686 g/mol. The number of ether oxygens (including phenoxy) is 1. The number of piperidine rings is 1. The molecule has 248 valence electrons. The van der Waals surface area contributed by atoms with Gasteiger partial charge in [0.1, 0.15) is 35.1 Å². The number of carbonyl (C=O) groups excluding carboxylic acids is 1. The number of thiophene rings is 1. The molecule has 2 N–H and O–H groups in total. The maximum atomic E-state index is 13.6. The molecule has 5 heterocycles. The number of nitrogens with one attached hydrogen (secondary N) is 2. The molecule has 0 atom stereocenters. The van der Waals surface area contributed by atoms with Gasteiger partial charge in [-0.1, -0.05) is 23.7 Å². The Labute approximate surface area is 286 Å². The van der Waals surface area contributed by atoms with Gasteiger partial charge in [0.15, 0.2) is 0 Å². The molecule has 2 aliphatic heterocycles. The molecular formula is C35H36ClFN8O2S. The van der Waals surface area contributed by atoms with Crippen molar-refractivity contribution in [2.24, 2.45) is 0 Å². The van der Waals surface area contributed by atoms with Crippen LogP contribution in [-0.4, -0.2) is 81.3 Å². The average Bonchev–Trinajstić information content (AvgIpc) is 3.71. The fraction of sp³-hybridized carbons (Fsp3) is 0.371. The number of carbonyl (C=O) groups is 1. The molecule has 13 heteroatoms. The van der Waals surface area contributed by atoms with E-state index in [0.717, 1.165) is 97.9 Å². The summed E-state index contributed by atoms with van der Waals surface area (Å²) in [6.45, 7) is 6.03. The summed E-state index contributed by atoms with van der Waals surface area (Å²) in [6.07, 6.45) is 7.31. The topological polar surface area (TPSA) is 100 Å². The summed E-state index contributed by atoms with van der Waals surface area (Å²) < 4.78 is 21.6. The third kappa shape index (κ3) is 6.37. The summed E-state index contributed by atoms with van der Waals surface area (Å²) >= 11 is 8.27. The quantitative estimate of drug-likeness (QED) is 0.210. The highest BCUT2D eigenvalue weighted by atomic mass is 35.5. The highest BCUT2D eigenvalue weighted by Crippen LogP contribution is 2.46. The number of rotatable bonds is 8. The van der Waals surface area contributed by atoms with Crippen molar-refractivity contribution in [1.82, 2.24) is 34.9 Å². The lowest BCUT2D eigenvalue weighted by atomic mass is 9.95. The first kappa shape index (κ1) is 31.2. The number of likely N-dealkylation sites (tertiary alicyclic amines) is 1. The molecule has 3 aromatic heterocycles. The number of benzene rings is 2. The van der Waals surface area contributed by atoms with Crippen molar-refractivity contribution >= 4 is 50.6 Å². The van der Waals surface area contributed by atoms with Crippen LogP contribution >= 0.6 is 22.9 Å². The molecule has 0 spiro atoms. The van der Waals surface area contributed by atoms with Crippen molar-refractivity contribution in [3.8, 4) is 16.2 Å². The number of anilines is 2. The van der Waals surface area contributed by atoms with Crippen LogP contribution in [0.5, 0.6) is 5.75 Å². The highest BCUT2D eigenvalue weighted by molar-refractivity contribution is 7.22. The van der Waals surface area contributed by atoms with Gasteiger partial charge in [-0.3, -0.25) is 14.4 Å². The van der Waals surface area contributed by atoms with Crippen LogP contribution < -0.4 is 15.4 Å². The van der Waals surface area contributed by atoms with Crippen molar-refractivity contribution in [1.29, 1.82) is 0 Å². The lowest BCUT2D eigenvalue weighted by Crippen LogP contribution is -2.49. The Bertz CT molecular complexity index is 1970. The molecule has 8 rings (SSSR count). The number of piperazine rings is 1. The van der Waals surface area contributed by atoms with E-state index in [1.54, 1.807) is 35.9 Å². The van der Waals surface area contributed by atoms with Gasteiger partial charge in [0, 0.05) is 61.6 Å². The van der Waals surface area contributed by atoms with E-state index < -0.39 is 0 Å². The predicted octanol–water partition coefficient (Wildman–Crippen LogP) is 5.84. The van der Waals surface area contributed by atoms with Crippen molar-refractivity contribution in [2.45, 2.75) is 38.3 Å². The maximum Gasteiger partial charge on any atom is 0.236 e. The minimum atomic E-state index is -0.301. The second-order valence-corrected chi connectivity index (χ2v) is 14.0. The molecule has 2 fully saturated rings. The lowest BCUT2D eigenvalue weighted by molar-refractivity contribution is -0.133. The Morgan fingerprint density at radius 3 is 2.75 bits per heavy atom. The number of aryl methyl sites for hydroxylation is 2. The summed E-state index contributed by atoms with van der Waals surface area (Å²) in [7, 11) is 0. The number of fused-ring (bicyclic) bond motifs is 5. The van der Waals surface area contributed by atoms with Gasteiger partial charge in [0.25, 0.3) is 0 Å². The maximum absolute atomic E-state index is 13.6. The van der Waals surface area contributed by atoms with E-state index >= 15 is 0 Å². The lowest BCUT2D eigenvalue weighted by Gasteiger charge is -2.34. The van der Waals surface area contributed by atoms with Gasteiger partial charge >= 0.3 is 0 Å². The van der Waals surface area contributed by atoms with Crippen LogP contribution in [0.15, 0.2) is 55.0 Å². The minimum Gasteiger partial charge on any atom is -0.487 e. The van der Waals surface area contributed by atoms with Gasteiger partial charge in [0.2, 0.25) is 5.91 Å². The van der Waals surface area contributed by atoms with E-state index in [-0.39, 0.29) is 24.4 Å². The van der Waals surface area contributed by atoms with Gasteiger partial charge in [-0.05, 0) is 67.1 Å². The summed E-state index contributed by atoms with van der Waals surface area (Å²) in [6, 6.07) is 12.1. The van der Waals surface area contributed by atoms with Crippen molar-refractivity contribution in [3.05, 3.63) is 82.6 Å². The Balaban J connectivity index is 0.962. The molecule has 1 aliphatic carbocycles. The van der Waals surface area contributed by atoms with Gasteiger partial charge in [-0.2, -0.15) is 5.10 Å². The molecule has 3 aliphatic rings. The van der Waals surface area contributed by atoms with Gasteiger partial charge < -0.3 is 20.3 Å². The van der Waals surface area contributed by atoms with Crippen molar-refractivity contribution in [3.63, 3.8) is 0 Å². The number of amides is 1. The van der Waals surface area contributed by atoms with E-state index in [9.17, 15) is 9.18 Å². The first-order valence-corrected chi connectivity index (χ1v) is 17.7. The molecule has 5 aromatic rings. The largest absolute Gasteiger partial charge is 0.487 e. The van der Waals surface area contributed by atoms with E-state index in [2.05, 4.69) is 36.4 Å². The first-order valence-electron chi connectivity index (χ1n) is 16.5. The normalized spacial score (nSPS) is 16.9. The highest BCUT2D eigenvalue weighted by Gasteiger charge is 2.30. The van der Waals surface area contributed by atoms with Crippen LogP contribution in [0.4, 0.5) is 15.9 Å². The van der Waals surface area contributed by atoms with Gasteiger partial charge in [0.05, 0.1) is 28.7 Å². The van der Waals surface area contributed by atoms with Crippen LogP contribution in [0.25, 0.3) is 20.7 Å². The van der Waals surface area contributed by atoms with Crippen LogP contribution in [-0.2, 0) is 24.2 Å². The summed E-state index contributed by atoms with van der Waals surface area (Å²) in [5.74, 6) is 1.19. The number of hydrogen-bond acceptors (Lipinski definition) is 9. The molecule has 10 nitrogen and oxygen atoms in total. The zero-order valence-corrected chi connectivity index (χ0v) is 28.0. The summed E-state index contributed by atoms with van der Waals surface area (Å²) in [5, 5.41) is 13.3. The Kier molecular flexibility index (Phi) is 8.72. The standard InChI is InChI=1S/C35H36ClFN8O2S/c36-28-17-24(4-7-30(28)47-20-22-2-1-3-23(37)16-22)41-34-32-26-5-6-29-27(33(26)48-35(32)40-21-39-34)18-45(42-29)25-8-12-44(13-9-25)31(46)19-43-14-10-38-11-15-43/h1-4,7,16-18,21,25,38H,5-6,8-15,19-20H2,(H,39,40,41). The number of hydrogen-bond donors (Lipinski definition) is 2. The Hall–Kier alpha value is -4.10. The van der Waals surface area contributed by atoms with Gasteiger partial charge in [-0.25, -0.2) is 14.4 Å².